The predicted molar refractivity (Wildman–Crippen MR) is 79.5 cm³/mol. The number of halogens is 2. The van der Waals surface area contributed by atoms with Crippen LogP contribution in [0.25, 0.3) is 6.08 Å². The minimum Gasteiger partial charge on any atom is -0.481 e. The third kappa shape index (κ3) is 5.19. The lowest BCUT2D eigenvalue weighted by Crippen LogP contribution is -2.35. The van der Waals surface area contributed by atoms with Gasteiger partial charge >= 0.3 is 5.97 Å². The van der Waals surface area contributed by atoms with Gasteiger partial charge in [0, 0.05) is 19.2 Å². The summed E-state index contributed by atoms with van der Waals surface area (Å²) in [4.78, 5) is 24.2. The molecule has 0 aliphatic rings. The lowest BCUT2D eigenvalue weighted by molar-refractivity contribution is -0.142. The lowest BCUT2D eigenvalue weighted by Gasteiger charge is -2.21. The summed E-state index contributed by atoms with van der Waals surface area (Å²) in [6, 6.07) is 4.13. The zero-order chi connectivity index (χ0) is 16.0. The number of nitrogens with zero attached hydrogens (tertiary/aromatic N) is 1. The Kier molecular flexibility index (Phi) is 6.37. The highest BCUT2D eigenvalue weighted by Gasteiger charge is 2.17. The summed E-state index contributed by atoms with van der Waals surface area (Å²) in [5.41, 5.74) is 0.595. The zero-order valence-corrected chi connectivity index (χ0v) is 12.6. The molecule has 1 aromatic rings. The molecule has 0 radical (unpaired) electrons. The van der Waals surface area contributed by atoms with Crippen LogP contribution in [0.1, 0.15) is 19.4 Å². The van der Waals surface area contributed by atoms with Crippen molar-refractivity contribution in [3.05, 3.63) is 40.7 Å². The van der Waals surface area contributed by atoms with Crippen molar-refractivity contribution in [2.45, 2.75) is 13.8 Å². The molecule has 1 atom stereocenters. The van der Waals surface area contributed by atoms with Gasteiger partial charge in [-0.1, -0.05) is 24.6 Å². The molecule has 4 nitrogen and oxygen atoms in total. The van der Waals surface area contributed by atoms with Gasteiger partial charge < -0.3 is 10.0 Å². The van der Waals surface area contributed by atoms with E-state index in [9.17, 15) is 14.0 Å². The van der Waals surface area contributed by atoms with Crippen LogP contribution in [0, 0.1) is 11.7 Å². The number of hydrogen-bond acceptors (Lipinski definition) is 2. The Balaban J connectivity index is 2.75. The van der Waals surface area contributed by atoms with E-state index in [-0.39, 0.29) is 17.5 Å². The minimum absolute atomic E-state index is 0.0172. The van der Waals surface area contributed by atoms with E-state index in [0.29, 0.717) is 12.1 Å². The van der Waals surface area contributed by atoms with Gasteiger partial charge in [-0.3, -0.25) is 9.59 Å². The van der Waals surface area contributed by atoms with Crippen molar-refractivity contribution >= 4 is 29.6 Å². The summed E-state index contributed by atoms with van der Waals surface area (Å²) in [6.07, 6.45) is 2.84. The summed E-state index contributed by atoms with van der Waals surface area (Å²) in [5, 5.41) is 8.85. The van der Waals surface area contributed by atoms with E-state index >= 15 is 0 Å². The monoisotopic (exact) mass is 313 g/mol. The highest BCUT2D eigenvalue weighted by molar-refractivity contribution is 6.30. The fourth-order valence-electron chi connectivity index (χ4n) is 1.67. The number of carbonyl (C=O) groups is 2. The smallest absolute Gasteiger partial charge is 0.308 e. The van der Waals surface area contributed by atoms with Gasteiger partial charge in [0.05, 0.1) is 10.9 Å². The van der Waals surface area contributed by atoms with Crippen molar-refractivity contribution in [1.82, 2.24) is 4.90 Å². The van der Waals surface area contributed by atoms with Gasteiger partial charge in [0.1, 0.15) is 5.82 Å². The summed E-state index contributed by atoms with van der Waals surface area (Å²) >= 11 is 5.65. The predicted octanol–water partition coefficient (Wildman–Crippen LogP) is 3.06. The van der Waals surface area contributed by atoms with E-state index < -0.39 is 17.7 Å². The molecule has 0 saturated heterocycles. The van der Waals surface area contributed by atoms with Gasteiger partial charge in [0.25, 0.3) is 0 Å². The first kappa shape index (κ1) is 17.2. The molecule has 0 aliphatic heterocycles. The van der Waals surface area contributed by atoms with Gasteiger partial charge in [-0.2, -0.15) is 0 Å². The second-order valence-corrected chi connectivity index (χ2v) is 5.03. The van der Waals surface area contributed by atoms with Crippen molar-refractivity contribution in [1.29, 1.82) is 0 Å². The maximum atomic E-state index is 13.0. The van der Waals surface area contributed by atoms with E-state index in [1.165, 1.54) is 35.3 Å². The van der Waals surface area contributed by atoms with E-state index in [4.69, 9.17) is 16.7 Å². The average molecular weight is 314 g/mol. The Morgan fingerprint density at radius 2 is 2.14 bits per heavy atom. The van der Waals surface area contributed by atoms with Crippen molar-refractivity contribution in [2.75, 3.05) is 13.1 Å². The van der Waals surface area contributed by atoms with Crippen LogP contribution < -0.4 is 0 Å². The summed E-state index contributed by atoms with van der Waals surface area (Å²) in [5.74, 6) is -2.41. The Morgan fingerprint density at radius 1 is 1.48 bits per heavy atom. The number of aliphatic carboxylic acids is 1. The number of likely N-dealkylation sites (N-methyl/N-ethyl adjacent to an activating group) is 1. The number of benzene rings is 1. The number of hydrogen-bond donors (Lipinski definition) is 1. The number of amides is 1. The Bertz CT molecular complexity index is 560. The molecule has 114 valence electrons. The highest BCUT2D eigenvalue weighted by atomic mass is 35.5. The van der Waals surface area contributed by atoms with E-state index in [1.54, 1.807) is 13.8 Å². The van der Waals surface area contributed by atoms with Crippen molar-refractivity contribution in [3.8, 4) is 0 Å². The quantitative estimate of drug-likeness (QED) is 0.821. The average Bonchev–Trinajstić information content (AvgIpc) is 2.45. The molecule has 0 fully saturated rings. The third-order valence-electron chi connectivity index (χ3n) is 2.97. The number of rotatable bonds is 6. The molecular weight excluding hydrogens is 297 g/mol. The molecule has 1 unspecified atom stereocenters. The molecule has 0 bridgehead atoms. The van der Waals surface area contributed by atoms with Crippen LogP contribution in [0.2, 0.25) is 5.02 Å². The molecule has 1 aromatic carbocycles. The van der Waals surface area contributed by atoms with Crippen LogP contribution in [-0.2, 0) is 9.59 Å². The topological polar surface area (TPSA) is 57.6 Å². The second-order valence-electron chi connectivity index (χ2n) is 4.62. The maximum absolute atomic E-state index is 13.0. The van der Waals surface area contributed by atoms with Crippen LogP contribution in [0.4, 0.5) is 4.39 Å². The molecule has 0 heterocycles. The van der Waals surface area contributed by atoms with E-state index in [2.05, 4.69) is 0 Å². The molecular formula is C15H17ClFNO3. The molecule has 0 aliphatic carbocycles. The Hall–Kier alpha value is -1.88. The van der Waals surface area contributed by atoms with Crippen molar-refractivity contribution < 1.29 is 19.1 Å². The normalized spacial score (nSPS) is 12.4. The van der Waals surface area contributed by atoms with Gasteiger partial charge in [0.15, 0.2) is 0 Å². The second kappa shape index (κ2) is 7.78. The molecule has 21 heavy (non-hydrogen) atoms. The van der Waals surface area contributed by atoms with Gasteiger partial charge in [0.2, 0.25) is 5.91 Å². The van der Waals surface area contributed by atoms with Crippen LogP contribution in [0.3, 0.4) is 0 Å². The van der Waals surface area contributed by atoms with Gasteiger partial charge in [-0.25, -0.2) is 4.39 Å². The van der Waals surface area contributed by atoms with Gasteiger partial charge in [-0.05, 0) is 30.7 Å². The van der Waals surface area contributed by atoms with Crippen LogP contribution >= 0.6 is 11.6 Å². The standard InChI is InChI=1S/C15H17ClFNO3/c1-3-18(9-10(2)15(20)21)14(19)7-5-11-4-6-13(17)12(16)8-11/h4-8,10H,3,9H2,1-2H3,(H,20,21). The third-order valence-corrected chi connectivity index (χ3v) is 3.26. The fourth-order valence-corrected chi connectivity index (χ4v) is 1.86. The molecule has 1 N–H and O–H groups in total. The molecule has 0 saturated carbocycles. The summed E-state index contributed by atoms with van der Waals surface area (Å²) in [7, 11) is 0. The zero-order valence-electron chi connectivity index (χ0n) is 11.8. The fraction of sp³-hybridized carbons (Fsp3) is 0.333. The van der Waals surface area contributed by atoms with Gasteiger partial charge in [-0.15, -0.1) is 0 Å². The van der Waals surface area contributed by atoms with Crippen LogP contribution in [0.5, 0.6) is 0 Å². The number of carbonyl (C=O) groups excluding carboxylic acids is 1. The minimum atomic E-state index is -0.949. The molecule has 1 amide bonds. The molecule has 0 spiro atoms. The number of carboxylic acid groups (broad SMARTS) is 1. The van der Waals surface area contributed by atoms with E-state index in [0.717, 1.165) is 0 Å². The first-order valence-corrected chi connectivity index (χ1v) is 6.87. The maximum Gasteiger partial charge on any atom is 0.308 e. The molecule has 0 aromatic heterocycles. The van der Waals surface area contributed by atoms with Crippen molar-refractivity contribution in [3.63, 3.8) is 0 Å². The van der Waals surface area contributed by atoms with Crippen LogP contribution in [0.15, 0.2) is 24.3 Å². The largest absolute Gasteiger partial charge is 0.481 e. The SMILES string of the molecule is CCN(CC(C)C(=O)O)C(=O)C=Cc1ccc(F)c(Cl)c1. The first-order valence-electron chi connectivity index (χ1n) is 6.50. The highest BCUT2D eigenvalue weighted by Crippen LogP contribution is 2.17. The van der Waals surface area contributed by atoms with E-state index in [1.807, 2.05) is 0 Å². The first-order chi connectivity index (χ1) is 9.85. The van der Waals surface area contributed by atoms with Crippen LogP contribution in [-0.4, -0.2) is 35.0 Å². The van der Waals surface area contributed by atoms with Crippen molar-refractivity contribution in [2.24, 2.45) is 5.92 Å². The molecule has 6 heteroatoms. The molecule has 1 rings (SSSR count). The summed E-state index contributed by atoms with van der Waals surface area (Å²) in [6.45, 7) is 3.86. The Labute approximate surface area is 127 Å². The number of carboxylic acids is 1. The summed E-state index contributed by atoms with van der Waals surface area (Å²) < 4.78 is 13.0. The Morgan fingerprint density at radius 3 is 2.67 bits per heavy atom. The lowest BCUT2D eigenvalue weighted by atomic mass is 10.1.